The summed E-state index contributed by atoms with van der Waals surface area (Å²) in [5, 5.41) is 0. The number of anilines is 1. The molecule has 0 aliphatic heterocycles. The zero-order valence-corrected chi connectivity index (χ0v) is 6.99. The lowest BCUT2D eigenvalue weighted by molar-refractivity contribution is 0.112. The van der Waals surface area contributed by atoms with E-state index >= 15 is 0 Å². The minimum atomic E-state index is 0.194. The number of nitrogens with two attached hydrogens (primary N) is 1. The Bertz CT molecular complexity index is 352. The van der Waals surface area contributed by atoms with E-state index in [9.17, 15) is 4.79 Å². The monoisotopic (exact) mass is 175 g/mol. The standard InChI is InChI=1S/C10H9NO2/c1-2-5-13-9-4-3-8(7-12)10(11)6-9/h1,3-4,6-7H,5,11H2. The Hall–Kier alpha value is -1.95. The second-order valence-electron chi connectivity index (χ2n) is 2.40. The lowest BCUT2D eigenvalue weighted by Crippen LogP contribution is -1.97. The first-order chi connectivity index (χ1) is 6.27. The van der Waals surface area contributed by atoms with E-state index in [-0.39, 0.29) is 6.61 Å². The van der Waals surface area contributed by atoms with Gasteiger partial charge < -0.3 is 10.5 Å². The fourth-order valence-corrected chi connectivity index (χ4v) is 0.875. The Morgan fingerprint density at radius 2 is 2.38 bits per heavy atom. The third-order valence-electron chi connectivity index (χ3n) is 1.51. The molecule has 0 bridgehead atoms. The van der Waals surface area contributed by atoms with Crippen LogP contribution in [-0.4, -0.2) is 12.9 Å². The Balaban J connectivity index is 2.84. The molecule has 0 heterocycles. The second kappa shape index (κ2) is 4.17. The van der Waals surface area contributed by atoms with Gasteiger partial charge >= 0.3 is 0 Å². The average molecular weight is 175 g/mol. The molecule has 0 aliphatic carbocycles. The molecule has 0 saturated carbocycles. The predicted octanol–water partition coefficient (Wildman–Crippen LogP) is 1.09. The maximum Gasteiger partial charge on any atom is 0.152 e. The van der Waals surface area contributed by atoms with Gasteiger partial charge in [-0.1, -0.05) is 5.92 Å². The number of hydrogen-bond acceptors (Lipinski definition) is 3. The largest absolute Gasteiger partial charge is 0.481 e. The molecule has 0 radical (unpaired) electrons. The molecule has 0 amide bonds. The molecule has 3 nitrogen and oxygen atoms in total. The highest BCUT2D eigenvalue weighted by Crippen LogP contribution is 2.18. The van der Waals surface area contributed by atoms with Crippen molar-refractivity contribution in [3.05, 3.63) is 23.8 Å². The summed E-state index contributed by atoms with van der Waals surface area (Å²) in [6, 6.07) is 4.81. The molecule has 0 fully saturated rings. The second-order valence-corrected chi connectivity index (χ2v) is 2.40. The normalized spacial score (nSPS) is 8.85. The summed E-state index contributed by atoms with van der Waals surface area (Å²) in [4.78, 5) is 10.4. The first-order valence-corrected chi connectivity index (χ1v) is 3.69. The van der Waals surface area contributed by atoms with Crippen LogP contribution in [0, 0.1) is 12.3 Å². The van der Waals surface area contributed by atoms with Gasteiger partial charge in [-0.3, -0.25) is 4.79 Å². The molecular formula is C10H9NO2. The SMILES string of the molecule is C#CCOc1ccc(C=O)c(N)c1. The number of benzene rings is 1. The molecule has 13 heavy (non-hydrogen) atoms. The minimum absolute atomic E-state index is 0.194. The molecule has 0 atom stereocenters. The number of terminal acetylenes is 1. The molecule has 1 rings (SSSR count). The highest BCUT2D eigenvalue weighted by Gasteiger charge is 1.99. The lowest BCUT2D eigenvalue weighted by atomic mass is 10.2. The molecule has 0 spiro atoms. The molecule has 1 aromatic rings. The topological polar surface area (TPSA) is 52.3 Å². The summed E-state index contributed by atoms with van der Waals surface area (Å²) >= 11 is 0. The number of nitrogen functional groups attached to an aromatic ring is 1. The number of rotatable bonds is 3. The van der Waals surface area contributed by atoms with Crippen molar-refractivity contribution in [1.82, 2.24) is 0 Å². The van der Waals surface area contributed by atoms with Crippen LogP contribution in [-0.2, 0) is 0 Å². The van der Waals surface area contributed by atoms with Gasteiger partial charge in [0.05, 0.1) is 0 Å². The summed E-state index contributed by atoms with van der Waals surface area (Å²) in [6.45, 7) is 0.194. The van der Waals surface area contributed by atoms with Crippen LogP contribution >= 0.6 is 0 Å². The summed E-state index contributed by atoms with van der Waals surface area (Å²) in [6.07, 6.45) is 5.70. The van der Waals surface area contributed by atoms with Crippen LogP contribution in [0.3, 0.4) is 0 Å². The lowest BCUT2D eigenvalue weighted by Gasteiger charge is -2.03. The van der Waals surface area contributed by atoms with Crippen molar-refractivity contribution in [2.24, 2.45) is 0 Å². The van der Waals surface area contributed by atoms with E-state index in [2.05, 4.69) is 5.92 Å². The number of carbonyl (C=O) groups is 1. The Morgan fingerprint density at radius 1 is 1.62 bits per heavy atom. The zero-order valence-electron chi connectivity index (χ0n) is 6.99. The summed E-state index contributed by atoms with van der Waals surface area (Å²) in [5.74, 6) is 2.90. The van der Waals surface area contributed by atoms with Crippen LogP contribution in [0.2, 0.25) is 0 Å². The zero-order chi connectivity index (χ0) is 9.68. The van der Waals surface area contributed by atoms with Crippen molar-refractivity contribution in [2.75, 3.05) is 12.3 Å². The van der Waals surface area contributed by atoms with Gasteiger partial charge in [-0.05, 0) is 12.1 Å². The highest BCUT2D eigenvalue weighted by atomic mass is 16.5. The molecule has 0 aromatic heterocycles. The number of aldehydes is 1. The summed E-state index contributed by atoms with van der Waals surface area (Å²) in [7, 11) is 0. The molecule has 0 aliphatic rings. The molecule has 66 valence electrons. The van der Waals surface area contributed by atoms with Gasteiger partial charge in [0.15, 0.2) is 6.29 Å². The smallest absolute Gasteiger partial charge is 0.152 e. The van der Waals surface area contributed by atoms with Crippen molar-refractivity contribution >= 4 is 12.0 Å². The van der Waals surface area contributed by atoms with Crippen molar-refractivity contribution in [1.29, 1.82) is 0 Å². The van der Waals surface area contributed by atoms with E-state index < -0.39 is 0 Å². The summed E-state index contributed by atoms with van der Waals surface area (Å²) in [5.41, 5.74) is 6.39. The van der Waals surface area contributed by atoms with Crippen molar-refractivity contribution in [3.8, 4) is 18.1 Å². The van der Waals surface area contributed by atoms with E-state index in [1.165, 1.54) is 0 Å². The van der Waals surface area contributed by atoms with Crippen LogP contribution in [0.15, 0.2) is 18.2 Å². The van der Waals surface area contributed by atoms with Crippen LogP contribution in [0.4, 0.5) is 5.69 Å². The Labute approximate surface area is 76.5 Å². The third-order valence-corrected chi connectivity index (χ3v) is 1.51. The van der Waals surface area contributed by atoms with Crippen molar-refractivity contribution in [3.63, 3.8) is 0 Å². The quantitative estimate of drug-likeness (QED) is 0.425. The van der Waals surface area contributed by atoms with Gasteiger partial charge in [-0.2, -0.15) is 0 Å². The van der Waals surface area contributed by atoms with Crippen LogP contribution in [0.25, 0.3) is 0 Å². The van der Waals surface area contributed by atoms with E-state index in [0.717, 1.165) is 0 Å². The van der Waals surface area contributed by atoms with Gasteiger partial charge in [-0.25, -0.2) is 0 Å². The van der Waals surface area contributed by atoms with Crippen LogP contribution in [0.1, 0.15) is 10.4 Å². The fraction of sp³-hybridized carbons (Fsp3) is 0.100. The highest BCUT2D eigenvalue weighted by molar-refractivity contribution is 5.83. The van der Waals surface area contributed by atoms with Gasteiger partial charge in [-0.15, -0.1) is 6.42 Å². The van der Waals surface area contributed by atoms with Gasteiger partial charge in [0.2, 0.25) is 0 Å². The first-order valence-electron chi connectivity index (χ1n) is 3.69. The predicted molar refractivity (Wildman–Crippen MR) is 50.6 cm³/mol. The molecular weight excluding hydrogens is 166 g/mol. The Morgan fingerprint density at radius 3 is 2.92 bits per heavy atom. The van der Waals surface area contributed by atoms with Crippen molar-refractivity contribution < 1.29 is 9.53 Å². The fourth-order valence-electron chi connectivity index (χ4n) is 0.875. The van der Waals surface area contributed by atoms with E-state index in [1.54, 1.807) is 18.2 Å². The van der Waals surface area contributed by atoms with Crippen LogP contribution < -0.4 is 10.5 Å². The molecule has 0 saturated heterocycles. The number of ether oxygens (including phenoxy) is 1. The first kappa shape index (κ1) is 9.14. The Kier molecular flexibility index (Phi) is 2.93. The molecule has 2 N–H and O–H groups in total. The molecule has 1 aromatic carbocycles. The van der Waals surface area contributed by atoms with Gasteiger partial charge in [0.1, 0.15) is 12.4 Å². The maximum atomic E-state index is 10.4. The van der Waals surface area contributed by atoms with Gasteiger partial charge in [0, 0.05) is 17.3 Å². The average Bonchev–Trinajstić information content (AvgIpc) is 2.15. The third kappa shape index (κ3) is 2.24. The number of hydrogen-bond donors (Lipinski definition) is 1. The van der Waals surface area contributed by atoms with Crippen molar-refractivity contribution in [2.45, 2.75) is 0 Å². The molecule has 3 heteroatoms. The van der Waals surface area contributed by atoms with Crippen LogP contribution in [0.5, 0.6) is 5.75 Å². The molecule has 0 unspecified atom stereocenters. The van der Waals surface area contributed by atoms with E-state index in [0.29, 0.717) is 23.3 Å². The summed E-state index contributed by atoms with van der Waals surface area (Å²) < 4.78 is 5.10. The number of carbonyl (C=O) groups excluding carboxylic acids is 1. The van der Waals surface area contributed by atoms with E-state index in [1.807, 2.05) is 0 Å². The van der Waals surface area contributed by atoms with Gasteiger partial charge in [0.25, 0.3) is 0 Å². The minimum Gasteiger partial charge on any atom is -0.481 e. The van der Waals surface area contributed by atoms with E-state index in [4.69, 9.17) is 16.9 Å². The maximum absolute atomic E-state index is 10.4.